The normalized spacial score (nSPS) is 46.8. The zero-order valence-corrected chi connectivity index (χ0v) is 20.2. The Morgan fingerprint density at radius 2 is 1.90 bits per heavy atom. The Bertz CT molecular complexity index is 661. The fourth-order valence-corrected chi connectivity index (χ4v) is 8.37. The maximum absolute atomic E-state index is 6.73. The number of hydrogen-bond acceptors (Lipinski definition) is 4. The van der Waals surface area contributed by atoms with E-state index in [0.717, 1.165) is 13.2 Å². The summed E-state index contributed by atoms with van der Waals surface area (Å²) in [5.74, 6) is 1.93. The van der Waals surface area contributed by atoms with Gasteiger partial charge in [-0.2, -0.15) is 0 Å². The largest absolute Gasteiger partial charge is 0.380 e. The molecule has 3 aliphatic carbocycles. The van der Waals surface area contributed by atoms with Crippen LogP contribution in [-0.4, -0.2) is 56.7 Å². The summed E-state index contributed by atoms with van der Waals surface area (Å²) in [6.45, 7) is 14.0. The molecule has 4 heteroatoms. The van der Waals surface area contributed by atoms with Gasteiger partial charge in [0.15, 0.2) is 6.29 Å². The van der Waals surface area contributed by atoms with Gasteiger partial charge in [-0.3, -0.25) is 0 Å². The monoisotopic (exact) mass is 431 g/mol. The molecule has 0 spiro atoms. The van der Waals surface area contributed by atoms with E-state index < -0.39 is 0 Å². The Morgan fingerprint density at radius 1 is 1.10 bits per heavy atom. The Morgan fingerprint density at radius 3 is 2.65 bits per heavy atom. The van der Waals surface area contributed by atoms with E-state index in [0.29, 0.717) is 35.4 Å². The summed E-state index contributed by atoms with van der Waals surface area (Å²) < 4.78 is 18.8. The molecule has 7 atom stereocenters. The molecule has 5 fully saturated rings. The SMILES string of the molecule is C=C1CCC2[C@]3(C)CO[C@@H](C4CCCC4)O[C@@H]3CC[C@@]2(C)[C@@H]1CCN1CCC(OC)C1. The van der Waals surface area contributed by atoms with Crippen LogP contribution >= 0.6 is 0 Å². The minimum absolute atomic E-state index is 0.0585. The van der Waals surface area contributed by atoms with Crippen molar-refractivity contribution in [3.63, 3.8) is 0 Å². The van der Waals surface area contributed by atoms with Crippen molar-refractivity contribution in [1.82, 2.24) is 4.90 Å². The van der Waals surface area contributed by atoms with Gasteiger partial charge in [-0.15, -0.1) is 0 Å². The number of methoxy groups -OCH3 is 1. The van der Waals surface area contributed by atoms with Crippen molar-refractivity contribution in [2.75, 3.05) is 33.4 Å². The van der Waals surface area contributed by atoms with E-state index in [1.807, 2.05) is 7.11 Å². The smallest absolute Gasteiger partial charge is 0.160 e. The molecule has 0 aromatic rings. The number of nitrogens with zero attached hydrogens (tertiary/aromatic N) is 1. The van der Waals surface area contributed by atoms with Crippen LogP contribution in [0.3, 0.4) is 0 Å². The van der Waals surface area contributed by atoms with E-state index in [1.54, 1.807) is 0 Å². The first-order chi connectivity index (χ1) is 14.9. The number of fused-ring (bicyclic) bond motifs is 3. The molecule has 5 rings (SSSR count). The first-order valence-corrected chi connectivity index (χ1v) is 13.1. The molecule has 0 N–H and O–H groups in total. The summed E-state index contributed by atoms with van der Waals surface area (Å²) in [7, 11) is 1.85. The minimum Gasteiger partial charge on any atom is -0.380 e. The maximum Gasteiger partial charge on any atom is 0.160 e. The molecule has 0 amide bonds. The fraction of sp³-hybridized carbons (Fsp3) is 0.926. The van der Waals surface area contributed by atoms with E-state index in [1.165, 1.54) is 82.9 Å². The molecular weight excluding hydrogens is 386 g/mol. The Kier molecular flexibility index (Phi) is 6.31. The third kappa shape index (κ3) is 3.94. The van der Waals surface area contributed by atoms with E-state index in [4.69, 9.17) is 14.2 Å². The molecule has 176 valence electrons. The molecular formula is C27H45NO3. The second kappa shape index (κ2) is 8.74. The van der Waals surface area contributed by atoms with E-state index >= 15 is 0 Å². The number of hydrogen-bond donors (Lipinski definition) is 0. The standard InChI is InChI=1S/C27H45NO3/c1-19-9-10-23-26(2,22(19)13-16-28-15-12-21(17-28)29-4)14-11-24-27(23,3)18-30-25(31-24)20-7-5-6-8-20/h20-25H,1,5-18H2,2-4H3/t21?,22-,23?,24-,25-,26+,27+/m1/s1. The van der Waals surface area contributed by atoms with Crippen LogP contribution in [0.25, 0.3) is 0 Å². The topological polar surface area (TPSA) is 30.9 Å². The van der Waals surface area contributed by atoms with Gasteiger partial charge >= 0.3 is 0 Å². The highest BCUT2D eigenvalue weighted by Gasteiger charge is 2.60. The highest BCUT2D eigenvalue weighted by molar-refractivity contribution is 5.18. The molecule has 2 saturated heterocycles. The zero-order valence-electron chi connectivity index (χ0n) is 20.2. The van der Waals surface area contributed by atoms with Crippen molar-refractivity contribution >= 4 is 0 Å². The number of allylic oxidation sites excluding steroid dienone is 1. The lowest BCUT2D eigenvalue weighted by Gasteiger charge is -2.63. The van der Waals surface area contributed by atoms with Gasteiger partial charge in [0.2, 0.25) is 0 Å². The third-order valence-corrected chi connectivity index (χ3v) is 10.3. The second-order valence-corrected chi connectivity index (χ2v) is 11.9. The number of ether oxygens (including phenoxy) is 3. The Balaban J connectivity index is 1.28. The van der Waals surface area contributed by atoms with Crippen LogP contribution in [0.15, 0.2) is 12.2 Å². The molecule has 5 aliphatic rings. The van der Waals surface area contributed by atoms with Gasteiger partial charge in [-0.1, -0.05) is 38.8 Å². The van der Waals surface area contributed by atoms with Crippen molar-refractivity contribution in [1.29, 1.82) is 0 Å². The van der Waals surface area contributed by atoms with Crippen molar-refractivity contribution < 1.29 is 14.2 Å². The first kappa shape index (κ1) is 22.4. The Hall–Kier alpha value is -0.420. The predicted octanol–water partition coefficient (Wildman–Crippen LogP) is 5.42. The molecule has 3 saturated carbocycles. The molecule has 4 nitrogen and oxygen atoms in total. The summed E-state index contributed by atoms with van der Waals surface area (Å²) in [5.41, 5.74) is 1.98. The van der Waals surface area contributed by atoms with Gasteiger partial charge in [0.05, 0.1) is 18.8 Å². The van der Waals surface area contributed by atoms with Crippen LogP contribution in [0.5, 0.6) is 0 Å². The van der Waals surface area contributed by atoms with Crippen molar-refractivity contribution in [2.45, 2.75) is 96.6 Å². The molecule has 31 heavy (non-hydrogen) atoms. The van der Waals surface area contributed by atoms with E-state index in [2.05, 4.69) is 25.3 Å². The van der Waals surface area contributed by atoms with Crippen molar-refractivity contribution in [3.8, 4) is 0 Å². The third-order valence-electron chi connectivity index (χ3n) is 10.3. The molecule has 2 aliphatic heterocycles. The zero-order chi connectivity index (χ0) is 21.6. The van der Waals surface area contributed by atoms with Crippen LogP contribution in [0, 0.1) is 28.6 Å². The number of rotatable bonds is 5. The van der Waals surface area contributed by atoms with Gasteiger partial charge in [0, 0.05) is 31.5 Å². The highest BCUT2D eigenvalue weighted by Crippen LogP contribution is 2.63. The summed E-state index contributed by atoms with van der Waals surface area (Å²) in [4.78, 5) is 2.61. The van der Waals surface area contributed by atoms with Crippen LogP contribution in [-0.2, 0) is 14.2 Å². The summed E-state index contributed by atoms with van der Waals surface area (Å²) >= 11 is 0. The fourth-order valence-electron chi connectivity index (χ4n) is 8.37. The van der Waals surface area contributed by atoms with Gasteiger partial charge < -0.3 is 19.1 Å². The summed E-state index contributed by atoms with van der Waals surface area (Å²) in [6, 6.07) is 0. The molecule has 0 aromatic carbocycles. The van der Waals surface area contributed by atoms with E-state index in [-0.39, 0.29) is 11.7 Å². The second-order valence-electron chi connectivity index (χ2n) is 11.9. The van der Waals surface area contributed by atoms with Crippen LogP contribution in [0.1, 0.15) is 78.1 Å². The molecule has 0 radical (unpaired) electrons. The summed E-state index contributed by atoms with van der Waals surface area (Å²) in [6.07, 6.45) is 13.5. The van der Waals surface area contributed by atoms with Crippen LogP contribution in [0.4, 0.5) is 0 Å². The van der Waals surface area contributed by atoms with Gasteiger partial charge in [0.25, 0.3) is 0 Å². The van der Waals surface area contributed by atoms with Gasteiger partial charge in [-0.25, -0.2) is 0 Å². The van der Waals surface area contributed by atoms with Gasteiger partial charge in [0.1, 0.15) is 0 Å². The average Bonchev–Trinajstić information content (AvgIpc) is 3.44. The lowest BCUT2D eigenvalue weighted by molar-refractivity contribution is -0.316. The van der Waals surface area contributed by atoms with Crippen molar-refractivity contribution in [2.24, 2.45) is 28.6 Å². The lowest BCUT2D eigenvalue weighted by atomic mass is 9.46. The lowest BCUT2D eigenvalue weighted by Crippen LogP contribution is -2.62. The molecule has 2 heterocycles. The molecule has 0 bridgehead atoms. The van der Waals surface area contributed by atoms with Gasteiger partial charge in [-0.05, 0) is 75.2 Å². The quantitative estimate of drug-likeness (QED) is 0.544. The average molecular weight is 432 g/mol. The van der Waals surface area contributed by atoms with Crippen LogP contribution in [0.2, 0.25) is 0 Å². The van der Waals surface area contributed by atoms with E-state index in [9.17, 15) is 0 Å². The number of likely N-dealkylation sites (tertiary alicyclic amines) is 1. The highest BCUT2D eigenvalue weighted by atomic mass is 16.7. The summed E-state index contributed by atoms with van der Waals surface area (Å²) in [5, 5.41) is 0. The van der Waals surface area contributed by atoms with Crippen molar-refractivity contribution in [3.05, 3.63) is 12.2 Å². The first-order valence-electron chi connectivity index (χ1n) is 13.1. The van der Waals surface area contributed by atoms with Crippen LogP contribution < -0.4 is 0 Å². The molecule has 2 unspecified atom stereocenters. The Labute approximate surface area is 190 Å². The molecule has 0 aromatic heterocycles. The maximum atomic E-state index is 6.73. The predicted molar refractivity (Wildman–Crippen MR) is 124 cm³/mol. The minimum atomic E-state index is 0.0585.